The minimum atomic E-state index is 0.582. The fourth-order valence-electron chi connectivity index (χ4n) is 1.64. The Kier molecular flexibility index (Phi) is 3.72. The number of aryl methyl sites for hydroxylation is 2. The Morgan fingerprint density at radius 1 is 1.19 bits per heavy atom. The SMILES string of the molecule is COCc1ccn(CCc2ccccc2)n1. The van der Waals surface area contributed by atoms with Crippen molar-refractivity contribution in [1.29, 1.82) is 0 Å². The highest BCUT2D eigenvalue weighted by Crippen LogP contribution is 2.03. The second kappa shape index (κ2) is 5.47. The molecule has 0 spiro atoms. The normalized spacial score (nSPS) is 10.6. The smallest absolute Gasteiger partial charge is 0.0902 e. The number of hydrogen-bond acceptors (Lipinski definition) is 2. The molecule has 2 rings (SSSR count). The molecule has 0 saturated heterocycles. The summed E-state index contributed by atoms with van der Waals surface area (Å²) < 4.78 is 6.99. The van der Waals surface area contributed by atoms with Gasteiger partial charge in [-0.25, -0.2) is 0 Å². The molecule has 0 aliphatic rings. The maximum Gasteiger partial charge on any atom is 0.0902 e. The maximum absolute atomic E-state index is 5.03. The summed E-state index contributed by atoms with van der Waals surface area (Å²) in [4.78, 5) is 0. The van der Waals surface area contributed by atoms with Gasteiger partial charge in [-0.15, -0.1) is 0 Å². The van der Waals surface area contributed by atoms with Gasteiger partial charge in [0.1, 0.15) is 0 Å². The minimum Gasteiger partial charge on any atom is -0.378 e. The molecule has 0 aliphatic heterocycles. The van der Waals surface area contributed by atoms with Gasteiger partial charge in [-0.05, 0) is 18.1 Å². The number of ether oxygens (including phenoxy) is 1. The van der Waals surface area contributed by atoms with Crippen LogP contribution in [-0.2, 0) is 24.3 Å². The Balaban J connectivity index is 1.89. The zero-order valence-corrected chi connectivity index (χ0v) is 9.47. The molecule has 0 fully saturated rings. The van der Waals surface area contributed by atoms with Crippen molar-refractivity contribution >= 4 is 0 Å². The zero-order chi connectivity index (χ0) is 11.2. The van der Waals surface area contributed by atoms with E-state index in [1.165, 1.54) is 5.56 Å². The molecule has 0 aliphatic carbocycles. The Hall–Kier alpha value is -1.61. The fraction of sp³-hybridized carbons (Fsp3) is 0.308. The van der Waals surface area contributed by atoms with Gasteiger partial charge < -0.3 is 4.74 Å². The molecule has 0 radical (unpaired) electrons. The topological polar surface area (TPSA) is 27.1 Å². The number of benzene rings is 1. The van der Waals surface area contributed by atoms with Crippen LogP contribution in [0, 0.1) is 0 Å². The van der Waals surface area contributed by atoms with Gasteiger partial charge in [0.25, 0.3) is 0 Å². The first-order chi connectivity index (χ1) is 7.88. The molecular weight excluding hydrogens is 200 g/mol. The summed E-state index contributed by atoms with van der Waals surface area (Å²) in [6.07, 6.45) is 3.01. The molecule has 1 heterocycles. The van der Waals surface area contributed by atoms with Gasteiger partial charge in [-0.3, -0.25) is 4.68 Å². The van der Waals surface area contributed by atoms with Gasteiger partial charge in [0.2, 0.25) is 0 Å². The lowest BCUT2D eigenvalue weighted by Crippen LogP contribution is -2.02. The standard InChI is InChI=1S/C13H16N2O/c1-16-11-13-8-10-15(14-13)9-7-12-5-3-2-4-6-12/h2-6,8,10H,7,9,11H2,1H3. The van der Waals surface area contributed by atoms with Crippen LogP contribution < -0.4 is 0 Å². The third-order valence-corrected chi connectivity index (χ3v) is 2.46. The summed E-state index contributed by atoms with van der Waals surface area (Å²) >= 11 is 0. The second-order valence-electron chi connectivity index (χ2n) is 3.74. The van der Waals surface area contributed by atoms with Crippen molar-refractivity contribution in [2.24, 2.45) is 0 Å². The van der Waals surface area contributed by atoms with E-state index in [0.717, 1.165) is 18.7 Å². The summed E-state index contributed by atoms with van der Waals surface area (Å²) in [5.41, 5.74) is 2.32. The Morgan fingerprint density at radius 2 is 2.00 bits per heavy atom. The summed E-state index contributed by atoms with van der Waals surface area (Å²) in [6, 6.07) is 12.4. The van der Waals surface area contributed by atoms with Gasteiger partial charge in [0.05, 0.1) is 12.3 Å². The van der Waals surface area contributed by atoms with Crippen molar-refractivity contribution in [1.82, 2.24) is 9.78 Å². The van der Waals surface area contributed by atoms with Crippen LogP contribution in [0.25, 0.3) is 0 Å². The molecule has 0 atom stereocenters. The number of hydrogen-bond donors (Lipinski definition) is 0. The van der Waals surface area contributed by atoms with Crippen LogP contribution in [0.4, 0.5) is 0 Å². The van der Waals surface area contributed by atoms with E-state index in [-0.39, 0.29) is 0 Å². The van der Waals surface area contributed by atoms with E-state index in [0.29, 0.717) is 6.61 Å². The summed E-state index contributed by atoms with van der Waals surface area (Å²) in [5, 5.41) is 4.41. The van der Waals surface area contributed by atoms with Gasteiger partial charge >= 0.3 is 0 Å². The number of aromatic nitrogens is 2. The van der Waals surface area contributed by atoms with Crippen molar-refractivity contribution < 1.29 is 4.74 Å². The van der Waals surface area contributed by atoms with Crippen molar-refractivity contribution in [3.05, 3.63) is 53.9 Å². The Bertz CT molecular complexity index is 423. The van der Waals surface area contributed by atoms with Crippen molar-refractivity contribution in [2.45, 2.75) is 19.6 Å². The van der Waals surface area contributed by atoms with Gasteiger partial charge in [0, 0.05) is 19.9 Å². The Morgan fingerprint density at radius 3 is 2.75 bits per heavy atom. The molecule has 3 nitrogen and oxygen atoms in total. The van der Waals surface area contributed by atoms with Crippen LogP contribution in [0.1, 0.15) is 11.3 Å². The molecule has 3 heteroatoms. The molecule has 1 aromatic heterocycles. The Labute approximate surface area is 95.7 Å². The maximum atomic E-state index is 5.03. The monoisotopic (exact) mass is 216 g/mol. The van der Waals surface area contributed by atoms with E-state index >= 15 is 0 Å². The number of rotatable bonds is 5. The van der Waals surface area contributed by atoms with E-state index < -0.39 is 0 Å². The predicted molar refractivity (Wildman–Crippen MR) is 63.1 cm³/mol. The van der Waals surface area contributed by atoms with E-state index in [2.05, 4.69) is 29.4 Å². The lowest BCUT2D eigenvalue weighted by molar-refractivity contribution is 0.180. The van der Waals surface area contributed by atoms with Crippen molar-refractivity contribution in [3.8, 4) is 0 Å². The first-order valence-electron chi connectivity index (χ1n) is 5.43. The third kappa shape index (κ3) is 2.94. The fourth-order valence-corrected chi connectivity index (χ4v) is 1.64. The summed E-state index contributed by atoms with van der Waals surface area (Å²) in [7, 11) is 1.68. The van der Waals surface area contributed by atoms with Crippen LogP contribution in [-0.4, -0.2) is 16.9 Å². The zero-order valence-electron chi connectivity index (χ0n) is 9.47. The van der Waals surface area contributed by atoms with E-state index in [9.17, 15) is 0 Å². The van der Waals surface area contributed by atoms with E-state index in [4.69, 9.17) is 4.74 Å². The van der Waals surface area contributed by atoms with E-state index in [1.54, 1.807) is 7.11 Å². The average molecular weight is 216 g/mol. The van der Waals surface area contributed by atoms with Gasteiger partial charge in [-0.1, -0.05) is 30.3 Å². The first kappa shape index (κ1) is 10.9. The molecule has 0 bridgehead atoms. The lowest BCUT2D eigenvalue weighted by Gasteiger charge is -2.01. The third-order valence-electron chi connectivity index (χ3n) is 2.46. The largest absolute Gasteiger partial charge is 0.378 e. The van der Waals surface area contributed by atoms with Crippen LogP contribution in [0.2, 0.25) is 0 Å². The molecule has 0 saturated carbocycles. The minimum absolute atomic E-state index is 0.582. The highest BCUT2D eigenvalue weighted by molar-refractivity contribution is 5.14. The van der Waals surface area contributed by atoms with Crippen molar-refractivity contribution in [2.75, 3.05) is 7.11 Å². The van der Waals surface area contributed by atoms with Crippen LogP contribution in [0.5, 0.6) is 0 Å². The molecule has 0 N–H and O–H groups in total. The predicted octanol–water partition coefficient (Wildman–Crippen LogP) is 2.27. The molecule has 84 valence electrons. The summed E-state index contributed by atoms with van der Waals surface area (Å²) in [6.45, 7) is 1.49. The highest BCUT2D eigenvalue weighted by Gasteiger charge is 1.98. The summed E-state index contributed by atoms with van der Waals surface area (Å²) in [5.74, 6) is 0. The van der Waals surface area contributed by atoms with Crippen LogP contribution >= 0.6 is 0 Å². The molecule has 2 aromatic rings. The van der Waals surface area contributed by atoms with Crippen molar-refractivity contribution in [3.63, 3.8) is 0 Å². The van der Waals surface area contributed by atoms with Crippen LogP contribution in [0.15, 0.2) is 42.6 Å². The average Bonchev–Trinajstić information content (AvgIpc) is 2.76. The van der Waals surface area contributed by atoms with E-state index in [1.807, 2.05) is 23.0 Å². The molecule has 16 heavy (non-hydrogen) atoms. The second-order valence-corrected chi connectivity index (χ2v) is 3.74. The lowest BCUT2D eigenvalue weighted by atomic mass is 10.2. The highest BCUT2D eigenvalue weighted by atomic mass is 16.5. The molecule has 1 aromatic carbocycles. The molecule has 0 amide bonds. The quantitative estimate of drug-likeness (QED) is 0.766. The van der Waals surface area contributed by atoms with Gasteiger partial charge in [-0.2, -0.15) is 5.10 Å². The number of nitrogens with zero attached hydrogens (tertiary/aromatic N) is 2. The first-order valence-corrected chi connectivity index (χ1v) is 5.43. The van der Waals surface area contributed by atoms with Crippen LogP contribution in [0.3, 0.4) is 0 Å². The van der Waals surface area contributed by atoms with Gasteiger partial charge in [0.15, 0.2) is 0 Å². The number of methoxy groups -OCH3 is 1. The molecule has 0 unspecified atom stereocenters. The molecular formula is C13H16N2O.